The molecule has 0 amide bonds. The number of aromatic nitrogens is 3. The fourth-order valence-corrected chi connectivity index (χ4v) is 0.825. The normalized spacial score (nSPS) is 9.75. The summed E-state index contributed by atoms with van der Waals surface area (Å²) in [6.45, 7) is 2.87. The third-order valence-electron chi connectivity index (χ3n) is 1.27. The van der Waals surface area contributed by atoms with Gasteiger partial charge in [-0.2, -0.15) is 4.98 Å². The van der Waals surface area contributed by atoms with Gasteiger partial charge in [0.05, 0.1) is 0 Å². The molecule has 1 aromatic rings. The predicted octanol–water partition coefficient (Wildman–Crippen LogP) is 0.162. The SMILES string of the molecule is CCCNn1nc(C=S)nc1N. The molecule has 1 rings (SSSR count). The van der Waals surface area contributed by atoms with E-state index < -0.39 is 0 Å². The number of rotatable bonds is 4. The maximum absolute atomic E-state index is 5.52. The van der Waals surface area contributed by atoms with Gasteiger partial charge in [0.25, 0.3) is 0 Å². The van der Waals surface area contributed by atoms with E-state index >= 15 is 0 Å². The fraction of sp³-hybridized carbons (Fsp3) is 0.500. The molecule has 0 radical (unpaired) electrons. The first-order valence-corrected chi connectivity index (χ1v) is 4.16. The third kappa shape index (κ3) is 1.91. The highest BCUT2D eigenvalue weighted by atomic mass is 32.1. The summed E-state index contributed by atoms with van der Waals surface area (Å²) >= 11 is 4.66. The van der Waals surface area contributed by atoms with Crippen LogP contribution in [0.4, 0.5) is 5.95 Å². The van der Waals surface area contributed by atoms with Crippen molar-refractivity contribution in [1.29, 1.82) is 0 Å². The van der Waals surface area contributed by atoms with Crippen molar-refractivity contribution in [3.05, 3.63) is 5.82 Å². The molecule has 0 saturated carbocycles. The van der Waals surface area contributed by atoms with E-state index in [-0.39, 0.29) is 0 Å². The van der Waals surface area contributed by atoms with Crippen LogP contribution in [0.1, 0.15) is 19.2 Å². The van der Waals surface area contributed by atoms with Gasteiger partial charge in [-0.05, 0) is 6.42 Å². The van der Waals surface area contributed by atoms with Crippen LogP contribution in [0.2, 0.25) is 0 Å². The van der Waals surface area contributed by atoms with Crippen LogP contribution < -0.4 is 11.2 Å². The molecule has 0 saturated heterocycles. The van der Waals surface area contributed by atoms with Gasteiger partial charge in [0.15, 0.2) is 5.82 Å². The Balaban J connectivity index is 2.70. The van der Waals surface area contributed by atoms with Crippen molar-refractivity contribution in [1.82, 2.24) is 14.9 Å². The number of hydrogen-bond donors (Lipinski definition) is 2. The lowest BCUT2D eigenvalue weighted by molar-refractivity contribution is 0.726. The van der Waals surface area contributed by atoms with Crippen molar-refractivity contribution in [2.45, 2.75) is 13.3 Å². The summed E-state index contributed by atoms with van der Waals surface area (Å²) in [7, 11) is 0. The van der Waals surface area contributed by atoms with Gasteiger partial charge in [-0.15, -0.1) is 9.89 Å². The van der Waals surface area contributed by atoms with E-state index in [1.165, 1.54) is 10.2 Å². The second-order valence-electron chi connectivity index (χ2n) is 2.27. The average Bonchev–Trinajstić information content (AvgIpc) is 2.43. The van der Waals surface area contributed by atoms with Gasteiger partial charge >= 0.3 is 0 Å². The van der Waals surface area contributed by atoms with Gasteiger partial charge in [0.2, 0.25) is 5.95 Å². The molecule has 66 valence electrons. The number of thiocarbonyl (C=S) groups is 1. The van der Waals surface area contributed by atoms with Gasteiger partial charge in [-0.25, -0.2) is 0 Å². The zero-order chi connectivity index (χ0) is 8.97. The van der Waals surface area contributed by atoms with Crippen LogP contribution in [-0.2, 0) is 0 Å². The third-order valence-corrected chi connectivity index (χ3v) is 1.48. The van der Waals surface area contributed by atoms with Gasteiger partial charge in [0.1, 0.15) is 0 Å². The highest BCUT2D eigenvalue weighted by Gasteiger charge is 2.02. The molecule has 0 aromatic carbocycles. The zero-order valence-corrected chi connectivity index (χ0v) is 7.64. The van der Waals surface area contributed by atoms with Crippen LogP contribution in [0.25, 0.3) is 0 Å². The molecule has 0 aliphatic rings. The summed E-state index contributed by atoms with van der Waals surface area (Å²) < 4.78 is 0. The Bertz CT molecular complexity index is 269. The quantitative estimate of drug-likeness (QED) is 0.654. The van der Waals surface area contributed by atoms with Gasteiger partial charge in [-0.1, -0.05) is 19.1 Å². The Morgan fingerprint density at radius 2 is 2.50 bits per heavy atom. The summed E-state index contributed by atoms with van der Waals surface area (Å²) in [6, 6.07) is 0. The second kappa shape index (κ2) is 4.01. The molecule has 0 atom stereocenters. The van der Waals surface area contributed by atoms with Crippen LogP contribution in [0, 0.1) is 0 Å². The Morgan fingerprint density at radius 3 is 3.00 bits per heavy atom. The Morgan fingerprint density at radius 1 is 1.75 bits per heavy atom. The topological polar surface area (TPSA) is 68.8 Å². The molecule has 0 spiro atoms. The van der Waals surface area contributed by atoms with Crippen LogP contribution >= 0.6 is 12.2 Å². The Labute approximate surface area is 75.9 Å². The van der Waals surface area contributed by atoms with Gasteiger partial charge in [-0.3, -0.25) is 0 Å². The van der Waals surface area contributed by atoms with E-state index in [1.54, 1.807) is 0 Å². The van der Waals surface area contributed by atoms with Crippen molar-refractivity contribution >= 4 is 23.5 Å². The number of nitrogens with two attached hydrogens (primary N) is 1. The Kier molecular flexibility index (Phi) is 2.98. The summed E-state index contributed by atoms with van der Waals surface area (Å²) in [5, 5.41) is 5.36. The van der Waals surface area contributed by atoms with E-state index in [2.05, 4.69) is 34.7 Å². The van der Waals surface area contributed by atoms with Crippen molar-refractivity contribution < 1.29 is 0 Å². The van der Waals surface area contributed by atoms with E-state index in [0.717, 1.165) is 13.0 Å². The predicted molar refractivity (Wildman–Crippen MR) is 51.7 cm³/mol. The molecular weight excluding hydrogens is 174 g/mol. The van der Waals surface area contributed by atoms with Crippen LogP contribution in [-0.4, -0.2) is 26.8 Å². The highest BCUT2D eigenvalue weighted by molar-refractivity contribution is 7.79. The molecule has 12 heavy (non-hydrogen) atoms. The van der Waals surface area contributed by atoms with Crippen molar-refractivity contribution in [2.75, 3.05) is 17.7 Å². The molecule has 6 heteroatoms. The highest BCUT2D eigenvalue weighted by Crippen LogP contribution is 1.95. The van der Waals surface area contributed by atoms with Crippen LogP contribution in [0.3, 0.4) is 0 Å². The van der Waals surface area contributed by atoms with E-state index in [9.17, 15) is 0 Å². The summed E-state index contributed by atoms with van der Waals surface area (Å²) in [5.74, 6) is 0.797. The fourth-order valence-electron chi connectivity index (χ4n) is 0.725. The molecule has 3 N–H and O–H groups in total. The molecule has 0 fully saturated rings. The van der Waals surface area contributed by atoms with Crippen LogP contribution in [0.5, 0.6) is 0 Å². The number of hydrogen-bond acceptors (Lipinski definition) is 5. The minimum absolute atomic E-state index is 0.333. The standard InChI is InChI=1S/C6H11N5S/c1-2-3-8-11-6(7)9-5(4-12)10-11/h4,8H,2-3H2,1H3,(H2,7,9,10). The molecule has 1 aromatic heterocycles. The first-order valence-electron chi connectivity index (χ1n) is 3.69. The molecule has 0 aliphatic carbocycles. The molecule has 0 unspecified atom stereocenters. The number of nitrogens with one attached hydrogen (secondary N) is 1. The zero-order valence-electron chi connectivity index (χ0n) is 6.82. The Hall–Kier alpha value is -1.17. The van der Waals surface area contributed by atoms with Crippen LogP contribution in [0.15, 0.2) is 0 Å². The lowest BCUT2D eigenvalue weighted by atomic mass is 10.5. The monoisotopic (exact) mass is 185 g/mol. The first kappa shape index (κ1) is 8.92. The number of nitrogens with zero attached hydrogens (tertiary/aromatic N) is 3. The van der Waals surface area contributed by atoms with E-state index in [0.29, 0.717) is 11.8 Å². The number of nitrogen functional groups attached to an aromatic ring is 1. The van der Waals surface area contributed by atoms with Crippen molar-refractivity contribution in [3.63, 3.8) is 0 Å². The lowest BCUT2D eigenvalue weighted by Crippen LogP contribution is -2.19. The van der Waals surface area contributed by atoms with E-state index in [1.807, 2.05) is 0 Å². The van der Waals surface area contributed by atoms with Crippen molar-refractivity contribution in [3.8, 4) is 0 Å². The molecule has 0 bridgehead atoms. The average molecular weight is 185 g/mol. The largest absolute Gasteiger partial charge is 0.367 e. The summed E-state index contributed by atoms with van der Waals surface area (Å²) in [4.78, 5) is 5.32. The lowest BCUT2D eigenvalue weighted by Gasteiger charge is -2.03. The summed E-state index contributed by atoms with van der Waals surface area (Å²) in [5.41, 5.74) is 8.49. The smallest absolute Gasteiger partial charge is 0.239 e. The minimum atomic E-state index is 0.333. The van der Waals surface area contributed by atoms with Crippen molar-refractivity contribution in [2.24, 2.45) is 0 Å². The maximum atomic E-state index is 5.52. The molecule has 1 heterocycles. The molecule has 0 aliphatic heterocycles. The molecular formula is C6H11N5S. The second-order valence-corrected chi connectivity index (χ2v) is 2.50. The maximum Gasteiger partial charge on any atom is 0.239 e. The van der Waals surface area contributed by atoms with E-state index in [4.69, 9.17) is 5.73 Å². The first-order chi connectivity index (χ1) is 5.77. The van der Waals surface area contributed by atoms with Gasteiger partial charge in [0, 0.05) is 11.9 Å². The minimum Gasteiger partial charge on any atom is -0.367 e. The van der Waals surface area contributed by atoms with Gasteiger partial charge < -0.3 is 11.2 Å². The summed E-state index contributed by atoms with van der Waals surface area (Å²) in [6.07, 6.45) is 1.01. The number of anilines is 1. The molecule has 5 nitrogen and oxygen atoms in total.